The molecule has 1 aromatic carbocycles. The highest BCUT2D eigenvalue weighted by molar-refractivity contribution is 9.10. The molecule has 0 amide bonds. The van der Waals surface area contributed by atoms with Crippen LogP contribution in [0.2, 0.25) is 0 Å². The first-order chi connectivity index (χ1) is 9.02. The maximum Gasteiger partial charge on any atom is 0.137 e. The minimum absolute atomic E-state index is 0.981. The van der Waals surface area contributed by atoms with Crippen LogP contribution in [-0.2, 0) is 0 Å². The largest absolute Gasteiger partial charge is 0.305 e. The van der Waals surface area contributed by atoms with Gasteiger partial charge in [-0.1, -0.05) is 17.2 Å². The normalized spacial score (nSPS) is 11.2. The Morgan fingerprint density at radius 3 is 2.32 bits per heavy atom. The molecule has 3 rings (SSSR count). The van der Waals surface area contributed by atoms with E-state index < -0.39 is 0 Å². The predicted molar refractivity (Wildman–Crippen MR) is 82.5 cm³/mol. The van der Waals surface area contributed by atoms with Crippen molar-refractivity contribution in [2.75, 3.05) is 0 Å². The van der Waals surface area contributed by atoms with E-state index in [4.69, 9.17) is 4.98 Å². The van der Waals surface area contributed by atoms with E-state index in [1.807, 2.05) is 0 Å². The second-order valence-corrected chi connectivity index (χ2v) is 5.93. The monoisotopic (exact) mass is 314 g/mol. The highest BCUT2D eigenvalue weighted by atomic mass is 79.9. The molecule has 0 bridgehead atoms. The standard InChI is InChI=1S/C16H15BrN2/c1-10-4-11(2)6-13(5-10)15-9-19-8-14(17)12(3)7-16(19)18-15/h4-9H,1-3H3. The SMILES string of the molecule is Cc1cc(C)cc(-c2cn3cc(Br)c(C)cc3n2)c1. The highest BCUT2D eigenvalue weighted by Crippen LogP contribution is 2.24. The Hall–Kier alpha value is -1.61. The summed E-state index contributed by atoms with van der Waals surface area (Å²) in [6.07, 6.45) is 4.14. The first kappa shape index (κ1) is 12.4. The van der Waals surface area contributed by atoms with Gasteiger partial charge in [-0.3, -0.25) is 0 Å². The molecule has 2 aromatic heterocycles. The Labute approximate surface area is 121 Å². The molecule has 0 aliphatic rings. The topological polar surface area (TPSA) is 17.3 Å². The molecule has 0 aliphatic carbocycles. The molecule has 3 aromatic rings. The van der Waals surface area contributed by atoms with Crippen molar-refractivity contribution in [1.82, 2.24) is 9.38 Å². The zero-order chi connectivity index (χ0) is 13.6. The van der Waals surface area contributed by atoms with E-state index in [9.17, 15) is 0 Å². The van der Waals surface area contributed by atoms with Crippen LogP contribution >= 0.6 is 15.9 Å². The number of aryl methyl sites for hydroxylation is 3. The lowest BCUT2D eigenvalue weighted by Gasteiger charge is -2.01. The molecule has 19 heavy (non-hydrogen) atoms. The van der Waals surface area contributed by atoms with E-state index in [0.717, 1.165) is 15.8 Å². The predicted octanol–water partition coefficient (Wildman–Crippen LogP) is 4.69. The van der Waals surface area contributed by atoms with Crippen molar-refractivity contribution in [3.63, 3.8) is 0 Å². The maximum atomic E-state index is 4.71. The molecule has 0 saturated carbocycles. The number of nitrogens with zero attached hydrogens (tertiary/aromatic N) is 2. The van der Waals surface area contributed by atoms with Crippen LogP contribution in [0.15, 0.2) is 41.1 Å². The van der Waals surface area contributed by atoms with Gasteiger partial charge in [0.05, 0.1) is 5.69 Å². The van der Waals surface area contributed by atoms with Crippen LogP contribution in [0.1, 0.15) is 16.7 Å². The van der Waals surface area contributed by atoms with Crippen LogP contribution < -0.4 is 0 Å². The van der Waals surface area contributed by atoms with Gasteiger partial charge < -0.3 is 4.40 Å². The average molecular weight is 315 g/mol. The molecular weight excluding hydrogens is 300 g/mol. The van der Waals surface area contributed by atoms with Gasteiger partial charge in [-0.2, -0.15) is 0 Å². The van der Waals surface area contributed by atoms with Crippen LogP contribution in [0.25, 0.3) is 16.9 Å². The van der Waals surface area contributed by atoms with E-state index in [0.29, 0.717) is 0 Å². The third-order valence-electron chi connectivity index (χ3n) is 3.25. The van der Waals surface area contributed by atoms with Crippen molar-refractivity contribution in [2.45, 2.75) is 20.8 Å². The Kier molecular flexibility index (Phi) is 2.94. The lowest BCUT2D eigenvalue weighted by molar-refractivity contribution is 1.16. The third kappa shape index (κ3) is 2.30. The second kappa shape index (κ2) is 4.49. The van der Waals surface area contributed by atoms with Gasteiger partial charge in [0.25, 0.3) is 0 Å². The molecule has 2 nitrogen and oxygen atoms in total. The van der Waals surface area contributed by atoms with Crippen molar-refractivity contribution in [2.24, 2.45) is 0 Å². The van der Waals surface area contributed by atoms with Gasteiger partial charge in [0.15, 0.2) is 0 Å². The van der Waals surface area contributed by atoms with E-state index in [1.54, 1.807) is 0 Å². The first-order valence-electron chi connectivity index (χ1n) is 6.26. The summed E-state index contributed by atoms with van der Waals surface area (Å²) in [7, 11) is 0. The lowest BCUT2D eigenvalue weighted by Crippen LogP contribution is -1.85. The van der Waals surface area contributed by atoms with Gasteiger partial charge in [-0.15, -0.1) is 0 Å². The number of hydrogen-bond donors (Lipinski definition) is 0. The number of halogens is 1. The summed E-state index contributed by atoms with van der Waals surface area (Å²) in [5, 5.41) is 0. The fourth-order valence-electron chi connectivity index (χ4n) is 2.37. The van der Waals surface area contributed by atoms with Gasteiger partial charge in [-0.25, -0.2) is 4.98 Å². The molecular formula is C16H15BrN2. The fraction of sp³-hybridized carbons (Fsp3) is 0.188. The number of pyridine rings is 1. The summed E-state index contributed by atoms with van der Waals surface area (Å²) in [4.78, 5) is 4.71. The molecule has 0 atom stereocenters. The third-order valence-corrected chi connectivity index (χ3v) is 4.08. The first-order valence-corrected chi connectivity index (χ1v) is 7.06. The Bertz CT molecular complexity index is 713. The minimum Gasteiger partial charge on any atom is -0.305 e. The van der Waals surface area contributed by atoms with Crippen LogP contribution in [0.3, 0.4) is 0 Å². The van der Waals surface area contributed by atoms with Crippen molar-refractivity contribution in [3.05, 3.63) is 57.8 Å². The molecule has 0 aliphatic heterocycles. The van der Waals surface area contributed by atoms with Crippen LogP contribution in [0.4, 0.5) is 0 Å². The number of fused-ring (bicyclic) bond motifs is 1. The molecule has 3 heteroatoms. The summed E-state index contributed by atoms with van der Waals surface area (Å²) in [6.45, 7) is 6.31. The van der Waals surface area contributed by atoms with Crippen molar-refractivity contribution in [3.8, 4) is 11.3 Å². The molecule has 96 valence electrons. The lowest BCUT2D eigenvalue weighted by atomic mass is 10.1. The Balaban J connectivity index is 2.20. The molecule has 0 N–H and O–H groups in total. The maximum absolute atomic E-state index is 4.71. The van der Waals surface area contributed by atoms with Crippen molar-refractivity contribution >= 4 is 21.6 Å². The number of aromatic nitrogens is 2. The highest BCUT2D eigenvalue weighted by Gasteiger charge is 2.07. The summed E-state index contributed by atoms with van der Waals surface area (Å²) in [5.74, 6) is 0. The summed E-state index contributed by atoms with van der Waals surface area (Å²) in [6, 6.07) is 8.63. The molecule has 0 unspecified atom stereocenters. The number of imidazole rings is 1. The fourth-order valence-corrected chi connectivity index (χ4v) is 2.70. The second-order valence-electron chi connectivity index (χ2n) is 5.07. The van der Waals surface area contributed by atoms with Gasteiger partial charge >= 0.3 is 0 Å². The van der Waals surface area contributed by atoms with Gasteiger partial charge in [0, 0.05) is 22.4 Å². The molecule has 0 saturated heterocycles. The van der Waals surface area contributed by atoms with E-state index in [1.165, 1.54) is 22.3 Å². The van der Waals surface area contributed by atoms with Crippen molar-refractivity contribution < 1.29 is 0 Å². The molecule has 2 heterocycles. The number of hydrogen-bond acceptors (Lipinski definition) is 1. The van der Waals surface area contributed by atoms with Gasteiger partial charge in [-0.05, 0) is 60.5 Å². The van der Waals surface area contributed by atoms with Gasteiger partial charge in [0.2, 0.25) is 0 Å². The van der Waals surface area contributed by atoms with Crippen LogP contribution in [0, 0.1) is 20.8 Å². The molecule has 0 spiro atoms. The van der Waals surface area contributed by atoms with Crippen LogP contribution in [-0.4, -0.2) is 9.38 Å². The van der Waals surface area contributed by atoms with E-state index in [2.05, 4.69) is 77.8 Å². The molecule has 0 radical (unpaired) electrons. The Morgan fingerprint density at radius 2 is 1.63 bits per heavy atom. The molecule has 0 fully saturated rings. The van der Waals surface area contributed by atoms with Crippen LogP contribution in [0.5, 0.6) is 0 Å². The van der Waals surface area contributed by atoms with Gasteiger partial charge in [0.1, 0.15) is 5.65 Å². The zero-order valence-corrected chi connectivity index (χ0v) is 12.8. The minimum atomic E-state index is 0.981. The Morgan fingerprint density at radius 1 is 0.947 bits per heavy atom. The quantitative estimate of drug-likeness (QED) is 0.637. The summed E-state index contributed by atoms with van der Waals surface area (Å²) >= 11 is 3.56. The van der Waals surface area contributed by atoms with E-state index >= 15 is 0 Å². The number of benzene rings is 1. The van der Waals surface area contributed by atoms with Crippen molar-refractivity contribution in [1.29, 1.82) is 0 Å². The average Bonchev–Trinajstić information content (AvgIpc) is 2.71. The summed E-state index contributed by atoms with van der Waals surface area (Å²) < 4.78 is 3.16. The zero-order valence-electron chi connectivity index (χ0n) is 11.2. The summed E-state index contributed by atoms with van der Waals surface area (Å²) in [5.41, 5.74) is 6.91. The van der Waals surface area contributed by atoms with E-state index in [-0.39, 0.29) is 0 Å². The number of rotatable bonds is 1. The smallest absolute Gasteiger partial charge is 0.137 e.